The Balaban J connectivity index is 1.95. The molecule has 0 saturated carbocycles. The summed E-state index contributed by atoms with van der Waals surface area (Å²) in [4.78, 5) is 16.1. The molecule has 1 N–H and O–H groups in total. The van der Waals surface area contributed by atoms with E-state index in [1.165, 1.54) is 4.90 Å². The van der Waals surface area contributed by atoms with Gasteiger partial charge in [-0.3, -0.25) is 4.90 Å². The Morgan fingerprint density at radius 3 is 2.50 bits per heavy atom. The number of nitrogens with zero attached hydrogens (tertiary/aromatic N) is 2. The van der Waals surface area contributed by atoms with Gasteiger partial charge in [-0.15, -0.1) is 0 Å². The Morgan fingerprint density at radius 2 is 1.88 bits per heavy atom. The Hall–Kier alpha value is -2.25. The van der Waals surface area contributed by atoms with E-state index in [1.54, 1.807) is 47.4 Å². The third kappa shape index (κ3) is 4.11. The van der Waals surface area contributed by atoms with Gasteiger partial charge in [0, 0.05) is 30.1 Å². The van der Waals surface area contributed by atoms with E-state index < -0.39 is 9.84 Å². The highest BCUT2D eigenvalue weighted by molar-refractivity contribution is 7.90. The van der Waals surface area contributed by atoms with E-state index in [1.807, 2.05) is 6.07 Å². The third-order valence-corrected chi connectivity index (χ3v) is 5.45. The summed E-state index contributed by atoms with van der Waals surface area (Å²) in [7, 11) is -3.18. The molecule has 1 fully saturated rings. The molecular formula is C18H19ClN2O4S. The topological polar surface area (TPSA) is 77.9 Å². The van der Waals surface area contributed by atoms with E-state index in [0.29, 0.717) is 17.3 Å². The van der Waals surface area contributed by atoms with Crippen LogP contribution in [0.1, 0.15) is 11.6 Å². The number of halogens is 1. The number of anilines is 1. The molecular weight excluding hydrogens is 376 g/mol. The number of phenols is 1. The van der Waals surface area contributed by atoms with Crippen molar-refractivity contribution >= 4 is 33.2 Å². The summed E-state index contributed by atoms with van der Waals surface area (Å²) in [6.45, 7) is 0.456. The number of urea groups is 1. The van der Waals surface area contributed by atoms with Crippen molar-refractivity contribution in [2.24, 2.45) is 0 Å². The number of phenolic OH excluding ortho intramolecular Hbond substituents is 1. The number of carbonyl (C=O) groups is 1. The van der Waals surface area contributed by atoms with Crippen LogP contribution >= 0.6 is 11.6 Å². The van der Waals surface area contributed by atoms with Crippen LogP contribution in [0.4, 0.5) is 10.5 Å². The van der Waals surface area contributed by atoms with E-state index in [4.69, 9.17) is 11.6 Å². The number of sulfone groups is 1. The van der Waals surface area contributed by atoms with Gasteiger partial charge in [-0.1, -0.05) is 23.7 Å². The average molecular weight is 395 g/mol. The van der Waals surface area contributed by atoms with Crippen LogP contribution in [0.15, 0.2) is 48.5 Å². The molecule has 0 aliphatic carbocycles. The van der Waals surface area contributed by atoms with Crippen molar-refractivity contribution in [2.75, 3.05) is 30.0 Å². The lowest BCUT2D eigenvalue weighted by atomic mass is 10.1. The van der Waals surface area contributed by atoms with Gasteiger partial charge in [0.05, 0.1) is 11.8 Å². The second-order valence-electron chi connectivity index (χ2n) is 6.32. The first kappa shape index (κ1) is 18.5. The number of rotatable bonds is 5. The Bertz CT molecular complexity index is 915. The molecule has 1 aliphatic rings. The molecule has 1 saturated heterocycles. The van der Waals surface area contributed by atoms with Gasteiger partial charge in [-0.2, -0.15) is 0 Å². The van der Waals surface area contributed by atoms with Crippen LogP contribution in [0.5, 0.6) is 5.75 Å². The molecule has 138 valence electrons. The van der Waals surface area contributed by atoms with Crippen molar-refractivity contribution < 1.29 is 18.3 Å². The van der Waals surface area contributed by atoms with E-state index in [2.05, 4.69) is 0 Å². The van der Waals surface area contributed by atoms with Crippen LogP contribution in [0.25, 0.3) is 0 Å². The predicted octanol–water partition coefficient (Wildman–Crippen LogP) is 3.07. The molecule has 1 heterocycles. The van der Waals surface area contributed by atoms with E-state index in [9.17, 15) is 18.3 Å². The highest BCUT2D eigenvalue weighted by Gasteiger charge is 2.39. The zero-order chi connectivity index (χ0) is 18.9. The lowest BCUT2D eigenvalue weighted by molar-refractivity contribution is 0.223. The van der Waals surface area contributed by atoms with Crippen LogP contribution in [0.2, 0.25) is 5.02 Å². The first-order chi connectivity index (χ1) is 12.2. The maximum Gasteiger partial charge on any atom is 0.325 e. The van der Waals surface area contributed by atoms with Crippen molar-refractivity contribution in [3.8, 4) is 5.75 Å². The van der Waals surface area contributed by atoms with Crippen molar-refractivity contribution in [2.45, 2.75) is 6.04 Å². The van der Waals surface area contributed by atoms with Gasteiger partial charge >= 0.3 is 6.03 Å². The van der Waals surface area contributed by atoms with Gasteiger partial charge in [0.2, 0.25) is 0 Å². The number of hydrogen-bond donors (Lipinski definition) is 1. The fourth-order valence-corrected chi connectivity index (χ4v) is 3.67. The molecule has 0 bridgehead atoms. The number of aromatic hydroxyl groups is 1. The number of hydrogen-bond acceptors (Lipinski definition) is 4. The summed E-state index contributed by atoms with van der Waals surface area (Å²) in [5.74, 6) is 0.0144. The van der Waals surface area contributed by atoms with E-state index in [0.717, 1.165) is 11.8 Å². The smallest absolute Gasteiger partial charge is 0.325 e. The number of benzene rings is 2. The van der Waals surface area contributed by atoms with Gasteiger partial charge in [-0.05, 0) is 42.0 Å². The van der Waals surface area contributed by atoms with Gasteiger partial charge < -0.3 is 10.0 Å². The maximum atomic E-state index is 12.9. The summed E-state index contributed by atoms with van der Waals surface area (Å²) in [5.41, 5.74) is 1.43. The summed E-state index contributed by atoms with van der Waals surface area (Å²) in [5, 5.41) is 10.4. The Morgan fingerprint density at radius 1 is 1.19 bits per heavy atom. The van der Waals surface area contributed by atoms with Crippen molar-refractivity contribution in [1.29, 1.82) is 0 Å². The largest absolute Gasteiger partial charge is 0.508 e. The number of amides is 2. The molecule has 6 nitrogen and oxygen atoms in total. The van der Waals surface area contributed by atoms with Gasteiger partial charge in [0.15, 0.2) is 0 Å². The maximum absolute atomic E-state index is 12.9. The molecule has 0 radical (unpaired) electrons. The minimum atomic E-state index is -3.18. The second kappa shape index (κ2) is 7.17. The van der Waals surface area contributed by atoms with Gasteiger partial charge in [0.25, 0.3) is 0 Å². The molecule has 2 amide bonds. The molecule has 0 spiro atoms. The summed E-state index contributed by atoms with van der Waals surface area (Å²) in [6.07, 6.45) is 1.15. The first-order valence-electron chi connectivity index (χ1n) is 8.05. The van der Waals surface area contributed by atoms with Crippen LogP contribution in [0, 0.1) is 0 Å². The monoisotopic (exact) mass is 394 g/mol. The van der Waals surface area contributed by atoms with Crippen LogP contribution in [0.3, 0.4) is 0 Å². The quantitative estimate of drug-likeness (QED) is 0.845. The Kier molecular flexibility index (Phi) is 5.11. The van der Waals surface area contributed by atoms with Crippen LogP contribution in [-0.2, 0) is 9.84 Å². The molecule has 1 unspecified atom stereocenters. The lowest BCUT2D eigenvalue weighted by Gasteiger charge is -2.23. The van der Waals surface area contributed by atoms with E-state index in [-0.39, 0.29) is 30.1 Å². The molecule has 8 heteroatoms. The minimum Gasteiger partial charge on any atom is -0.508 e. The van der Waals surface area contributed by atoms with Gasteiger partial charge in [0.1, 0.15) is 15.6 Å². The zero-order valence-electron chi connectivity index (χ0n) is 14.2. The second-order valence-corrected chi connectivity index (χ2v) is 9.01. The van der Waals surface area contributed by atoms with Gasteiger partial charge in [-0.25, -0.2) is 13.2 Å². The third-order valence-electron chi connectivity index (χ3n) is 4.27. The fraction of sp³-hybridized carbons (Fsp3) is 0.278. The normalized spacial score (nSPS) is 17.8. The predicted molar refractivity (Wildman–Crippen MR) is 101 cm³/mol. The van der Waals surface area contributed by atoms with Crippen molar-refractivity contribution in [3.05, 3.63) is 59.1 Å². The molecule has 2 aromatic carbocycles. The lowest BCUT2D eigenvalue weighted by Crippen LogP contribution is -2.35. The molecule has 1 atom stereocenters. The molecule has 2 aromatic rings. The fourth-order valence-electron chi connectivity index (χ4n) is 3.00. The average Bonchev–Trinajstić information content (AvgIpc) is 2.90. The molecule has 0 aromatic heterocycles. The minimum absolute atomic E-state index is 0.0973. The van der Waals surface area contributed by atoms with Crippen LogP contribution < -0.4 is 4.90 Å². The summed E-state index contributed by atoms with van der Waals surface area (Å²) in [6, 6.07) is 13.0. The Labute approximate surface area is 157 Å². The molecule has 3 rings (SSSR count). The van der Waals surface area contributed by atoms with Crippen molar-refractivity contribution in [3.63, 3.8) is 0 Å². The SMILES string of the molecule is CS(=O)(=O)CCN1CC(c2cccc(O)c2)N(c2ccc(Cl)cc2)C1=O. The van der Waals surface area contributed by atoms with Crippen LogP contribution in [-0.4, -0.2) is 49.6 Å². The molecule has 26 heavy (non-hydrogen) atoms. The molecule has 1 aliphatic heterocycles. The summed E-state index contributed by atoms with van der Waals surface area (Å²) >= 11 is 5.94. The highest BCUT2D eigenvalue weighted by atomic mass is 35.5. The van der Waals surface area contributed by atoms with Crippen molar-refractivity contribution in [1.82, 2.24) is 4.90 Å². The zero-order valence-corrected chi connectivity index (χ0v) is 15.7. The standard InChI is InChI=1S/C18H19ClN2O4S/c1-26(24,25)10-9-20-12-17(13-3-2-4-16(22)11-13)21(18(20)23)15-7-5-14(19)6-8-15/h2-8,11,17,22H,9-10,12H2,1H3. The highest BCUT2D eigenvalue weighted by Crippen LogP contribution is 2.35. The first-order valence-corrected chi connectivity index (χ1v) is 10.5. The summed E-state index contributed by atoms with van der Waals surface area (Å²) < 4.78 is 23.0. The van der Waals surface area contributed by atoms with E-state index >= 15 is 0 Å². The number of carbonyl (C=O) groups excluding carboxylic acids is 1.